The number of nitro groups is 1. The lowest BCUT2D eigenvalue weighted by molar-refractivity contribution is -0.384. The largest absolute Gasteiger partial charge is 0.363 e. The first-order valence-corrected chi connectivity index (χ1v) is 12.3. The van der Waals surface area contributed by atoms with Crippen LogP contribution in [-0.2, 0) is 10.3 Å². The molecule has 1 amide bonds. The summed E-state index contributed by atoms with van der Waals surface area (Å²) in [5.41, 5.74) is 2.74. The first-order chi connectivity index (χ1) is 18.8. The van der Waals surface area contributed by atoms with Crippen LogP contribution >= 0.6 is 0 Å². The van der Waals surface area contributed by atoms with Crippen molar-refractivity contribution in [3.05, 3.63) is 140 Å². The zero-order chi connectivity index (χ0) is 27.1. The van der Waals surface area contributed by atoms with Gasteiger partial charge in [-0.15, -0.1) is 0 Å². The molecule has 1 aliphatic carbocycles. The number of nitrogens with one attached hydrogen (secondary N) is 1. The summed E-state index contributed by atoms with van der Waals surface area (Å²) in [6.45, 7) is 0. The van der Waals surface area contributed by atoms with Gasteiger partial charge in [-0.25, -0.2) is 0 Å². The van der Waals surface area contributed by atoms with Gasteiger partial charge in [0, 0.05) is 47.0 Å². The minimum atomic E-state index is -1.54. The van der Waals surface area contributed by atoms with E-state index in [1.54, 1.807) is 55.6 Å². The fourth-order valence-corrected chi connectivity index (χ4v) is 5.92. The summed E-state index contributed by atoms with van der Waals surface area (Å²) in [6.07, 6.45) is 1.77. The molecule has 8 heteroatoms. The Balaban J connectivity index is 1.55. The zero-order valence-corrected chi connectivity index (χ0v) is 20.6. The van der Waals surface area contributed by atoms with E-state index < -0.39 is 10.5 Å². The minimum absolute atomic E-state index is 0.159. The molecule has 0 fully saturated rings. The summed E-state index contributed by atoms with van der Waals surface area (Å²) in [5.74, 6) is -0.961. The number of hydrogen-bond acceptors (Lipinski definition) is 6. The van der Waals surface area contributed by atoms with Crippen LogP contribution in [0.5, 0.6) is 0 Å². The van der Waals surface area contributed by atoms with Crippen LogP contribution in [0.3, 0.4) is 0 Å². The Bertz CT molecular complexity index is 1840. The van der Waals surface area contributed by atoms with Crippen LogP contribution in [0.1, 0.15) is 48.5 Å². The third-order valence-corrected chi connectivity index (χ3v) is 7.77. The number of likely N-dealkylation sites (N-methyl/N-ethyl adjacent to an activating group) is 1. The Morgan fingerprint density at radius 3 is 2.18 bits per heavy atom. The molecule has 4 aromatic carbocycles. The molecule has 0 saturated carbocycles. The number of nitro benzene ring substituents is 1. The molecule has 3 aliphatic rings. The summed E-state index contributed by atoms with van der Waals surface area (Å²) < 4.78 is 0. The van der Waals surface area contributed by atoms with Gasteiger partial charge >= 0.3 is 0 Å². The first kappa shape index (κ1) is 22.8. The number of carbonyl (C=O) groups is 3. The van der Waals surface area contributed by atoms with Crippen LogP contribution in [-0.4, -0.2) is 29.4 Å². The van der Waals surface area contributed by atoms with Crippen LogP contribution in [0, 0.1) is 10.1 Å². The lowest BCUT2D eigenvalue weighted by Gasteiger charge is -2.36. The summed E-state index contributed by atoms with van der Waals surface area (Å²) in [4.78, 5) is 54.1. The molecule has 2 heterocycles. The van der Waals surface area contributed by atoms with Gasteiger partial charge < -0.3 is 10.2 Å². The lowest BCUT2D eigenvalue weighted by Crippen LogP contribution is -2.46. The lowest BCUT2D eigenvalue weighted by atomic mass is 9.76. The monoisotopic (exact) mass is 513 g/mol. The molecule has 0 saturated heterocycles. The van der Waals surface area contributed by atoms with Crippen molar-refractivity contribution >= 4 is 40.1 Å². The van der Waals surface area contributed by atoms with E-state index in [0.29, 0.717) is 39.2 Å². The molecule has 8 nitrogen and oxygen atoms in total. The maximum atomic E-state index is 14.0. The highest BCUT2D eigenvalue weighted by Gasteiger charge is 2.52. The Kier molecular flexibility index (Phi) is 4.57. The van der Waals surface area contributed by atoms with E-state index >= 15 is 0 Å². The van der Waals surface area contributed by atoms with Gasteiger partial charge in [-0.3, -0.25) is 24.5 Å². The molecule has 2 aliphatic heterocycles. The highest BCUT2D eigenvalue weighted by molar-refractivity contribution is 6.31. The van der Waals surface area contributed by atoms with E-state index in [1.165, 1.54) is 17.0 Å². The summed E-state index contributed by atoms with van der Waals surface area (Å²) in [7, 11) is 1.61. The fraction of sp³-hybridized carbons (Fsp3) is 0.0645. The average Bonchev–Trinajstić information content (AvgIpc) is 3.16. The molecule has 39 heavy (non-hydrogen) atoms. The van der Waals surface area contributed by atoms with E-state index in [9.17, 15) is 24.5 Å². The van der Waals surface area contributed by atoms with Gasteiger partial charge in [-0.1, -0.05) is 60.7 Å². The molecule has 188 valence electrons. The van der Waals surface area contributed by atoms with Crippen LogP contribution in [0.15, 0.2) is 91.0 Å². The van der Waals surface area contributed by atoms with Crippen molar-refractivity contribution in [2.45, 2.75) is 5.54 Å². The van der Waals surface area contributed by atoms with Crippen LogP contribution < -0.4 is 10.2 Å². The Morgan fingerprint density at radius 2 is 1.46 bits per heavy atom. The summed E-state index contributed by atoms with van der Waals surface area (Å²) in [6, 6.07) is 23.8. The highest BCUT2D eigenvalue weighted by atomic mass is 16.6. The third-order valence-electron chi connectivity index (χ3n) is 7.77. The molecule has 7 rings (SSSR count). The molecule has 1 atom stereocenters. The molecule has 1 spiro atoms. The van der Waals surface area contributed by atoms with E-state index in [4.69, 9.17) is 0 Å². The van der Waals surface area contributed by atoms with Gasteiger partial charge in [-0.05, 0) is 29.3 Å². The van der Waals surface area contributed by atoms with Gasteiger partial charge in [0.05, 0.1) is 21.9 Å². The predicted molar refractivity (Wildman–Crippen MR) is 145 cm³/mol. The zero-order valence-electron chi connectivity index (χ0n) is 20.6. The summed E-state index contributed by atoms with van der Waals surface area (Å²) in [5, 5.41) is 15.0. The third kappa shape index (κ3) is 2.96. The van der Waals surface area contributed by atoms with Crippen molar-refractivity contribution in [1.29, 1.82) is 0 Å². The fourth-order valence-electron chi connectivity index (χ4n) is 5.92. The Hall–Kier alpha value is -5.37. The number of fused-ring (bicyclic) bond motifs is 6. The summed E-state index contributed by atoms with van der Waals surface area (Å²) >= 11 is 0. The number of rotatable bonds is 2. The predicted octanol–water partition coefficient (Wildman–Crippen LogP) is 5.10. The van der Waals surface area contributed by atoms with Crippen LogP contribution in [0.25, 0.3) is 5.57 Å². The molecular weight excluding hydrogens is 494 g/mol. The molecule has 1 N–H and O–H groups in total. The second-order valence-corrected chi connectivity index (χ2v) is 9.79. The van der Waals surface area contributed by atoms with E-state index in [-0.39, 0.29) is 34.3 Å². The van der Waals surface area contributed by atoms with Crippen molar-refractivity contribution < 1.29 is 19.3 Å². The van der Waals surface area contributed by atoms with Crippen molar-refractivity contribution in [3.63, 3.8) is 0 Å². The quantitative estimate of drug-likeness (QED) is 0.260. The first-order valence-electron chi connectivity index (χ1n) is 12.3. The SMILES string of the molecule is CN1C(=O)[C@@]2(C=C(c3ccccc3)c3ccc4c(c3N2)C(=O)c2ccccc2C4=O)c2cc([N+](=O)[O-])ccc21. The Labute approximate surface area is 222 Å². The maximum Gasteiger partial charge on any atom is 0.269 e. The van der Waals surface area contributed by atoms with Crippen molar-refractivity contribution in [2.75, 3.05) is 17.3 Å². The van der Waals surface area contributed by atoms with Crippen molar-refractivity contribution in [3.8, 4) is 0 Å². The van der Waals surface area contributed by atoms with Gasteiger partial charge in [0.15, 0.2) is 17.1 Å². The van der Waals surface area contributed by atoms with Gasteiger partial charge in [0.2, 0.25) is 0 Å². The van der Waals surface area contributed by atoms with Crippen LogP contribution in [0.2, 0.25) is 0 Å². The van der Waals surface area contributed by atoms with Gasteiger partial charge in [0.1, 0.15) is 0 Å². The smallest absolute Gasteiger partial charge is 0.269 e. The standard InChI is InChI=1S/C31H19N3O5/c1-33-25-14-11-18(34(38)39)15-24(25)31(30(33)37)16-23(17-7-3-2-4-8-17)19-12-13-22-26(27(19)32-31)29(36)21-10-6-5-9-20(21)28(22)35/h2-16,32H,1H3/t31-/m1/s1. The normalized spacial score (nSPS) is 18.6. The number of carbonyl (C=O) groups excluding carboxylic acids is 3. The Morgan fingerprint density at radius 1 is 0.795 bits per heavy atom. The number of anilines is 2. The molecular formula is C31H19N3O5. The van der Waals surface area contributed by atoms with Gasteiger partial charge in [0.25, 0.3) is 11.6 Å². The number of nitrogens with zero attached hydrogens (tertiary/aromatic N) is 2. The van der Waals surface area contributed by atoms with Crippen molar-refractivity contribution in [2.24, 2.45) is 0 Å². The van der Waals surface area contributed by atoms with E-state index in [1.807, 2.05) is 30.3 Å². The maximum absolute atomic E-state index is 14.0. The van der Waals surface area contributed by atoms with E-state index in [0.717, 1.165) is 5.56 Å². The van der Waals surface area contributed by atoms with E-state index in [2.05, 4.69) is 5.32 Å². The number of amides is 1. The molecule has 0 radical (unpaired) electrons. The molecule has 4 aromatic rings. The second kappa shape index (κ2) is 7.82. The number of hydrogen-bond donors (Lipinski definition) is 1. The van der Waals surface area contributed by atoms with Crippen LogP contribution in [0.4, 0.5) is 17.1 Å². The average molecular weight is 514 g/mol. The molecule has 0 bridgehead atoms. The minimum Gasteiger partial charge on any atom is -0.363 e. The topological polar surface area (TPSA) is 110 Å². The van der Waals surface area contributed by atoms with Crippen molar-refractivity contribution in [1.82, 2.24) is 0 Å². The highest BCUT2D eigenvalue weighted by Crippen LogP contribution is 2.51. The van der Waals surface area contributed by atoms with Gasteiger partial charge in [-0.2, -0.15) is 0 Å². The number of non-ortho nitro benzene ring substituents is 1. The number of ketones is 2. The number of benzene rings is 4. The second-order valence-electron chi connectivity index (χ2n) is 9.79. The molecule has 0 aromatic heterocycles. The molecule has 0 unspecified atom stereocenters.